The Balaban J connectivity index is 2.21. The molecule has 3 nitrogen and oxygen atoms in total. The summed E-state index contributed by atoms with van der Waals surface area (Å²) in [6, 6.07) is 8.78. The molecule has 0 bridgehead atoms. The van der Waals surface area contributed by atoms with E-state index in [2.05, 4.69) is 4.98 Å². The van der Waals surface area contributed by atoms with Crippen LogP contribution in [0.3, 0.4) is 0 Å². The summed E-state index contributed by atoms with van der Waals surface area (Å²) in [6.45, 7) is 3.14. The summed E-state index contributed by atoms with van der Waals surface area (Å²) in [4.78, 5) is 15.3. The number of halogens is 2. The van der Waals surface area contributed by atoms with E-state index in [-0.39, 0.29) is 5.97 Å². The predicted molar refractivity (Wildman–Crippen MR) is 85.7 cm³/mol. The maximum Gasteiger partial charge on any atom is 0.308 e. The molecule has 0 saturated carbocycles. The summed E-state index contributed by atoms with van der Waals surface area (Å²) in [7, 11) is 0. The van der Waals surface area contributed by atoms with Crippen molar-refractivity contribution in [2.75, 3.05) is 0 Å². The average molecular weight is 322 g/mol. The van der Waals surface area contributed by atoms with E-state index in [1.54, 1.807) is 25.1 Å². The molecule has 0 aliphatic carbocycles. The molecule has 2 rings (SSSR count). The summed E-state index contributed by atoms with van der Waals surface area (Å²) in [5.41, 5.74) is 2.28. The lowest BCUT2D eigenvalue weighted by Gasteiger charge is -2.05. The van der Waals surface area contributed by atoms with Gasteiger partial charge in [0, 0.05) is 17.0 Å². The van der Waals surface area contributed by atoms with Crippen LogP contribution in [-0.2, 0) is 4.79 Å². The molecular weight excluding hydrogens is 309 g/mol. The molecule has 0 amide bonds. The summed E-state index contributed by atoms with van der Waals surface area (Å²) < 4.78 is 5.03. The quantitative estimate of drug-likeness (QED) is 0.763. The molecule has 0 N–H and O–H groups in total. The second kappa shape index (κ2) is 6.74. The van der Waals surface area contributed by atoms with Crippen molar-refractivity contribution in [2.24, 2.45) is 0 Å². The van der Waals surface area contributed by atoms with Crippen molar-refractivity contribution in [3.8, 4) is 5.75 Å². The third-order valence-corrected chi connectivity index (χ3v) is 3.08. The van der Waals surface area contributed by atoms with Gasteiger partial charge in [-0.25, -0.2) is 4.98 Å². The Bertz CT molecular complexity index is 691. The van der Waals surface area contributed by atoms with E-state index in [4.69, 9.17) is 27.9 Å². The molecule has 0 radical (unpaired) electrons. The number of carbonyl (C=O) groups is 1. The largest absolute Gasteiger partial charge is 0.425 e. The van der Waals surface area contributed by atoms with E-state index in [0.29, 0.717) is 21.5 Å². The molecular formula is C16H13Cl2NO2. The minimum absolute atomic E-state index is 0.364. The minimum atomic E-state index is -0.364. The number of esters is 1. The number of aryl methyl sites for hydroxylation is 1. The second-order valence-corrected chi connectivity index (χ2v) is 5.32. The van der Waals surface area contributed by atoms with Crippen LogP contribution in [-0.4, -0.2) is 11.0 Å². The average Bonchev–Trinajstić information content (AvgIpc) is 2.38. The standard InChI is InChI=1S/C16H13Cl2NO2/c1-10-16(21-11(2)20)6-5-15(19-10)4-3-12-7-13(17)9-14(18)8-12/h3-9H,1-2H3/b4-3+. The number of benzene rings is 1. The van der Waals surface area contributed by atoms with Gasteiger partial charge in [-0.15, -0.1) is 0 Å². The molecule has 2 aromatic rings. The molecule has 108 valence electrons. The van der Waals surface area contributed by atoms with Gasteiger partial charge in [0.15, 0.2) is 5.75 Å². The Hall–Kier alpha value is -1.84. The number of aromatic nitrogens is 1. The van der Waals surface area contributed by atoms with Crippen LogP contribution in [0.2, 0.25) is 10.0 Å². The fraction of sp³-hybridized carbons (Fsp3) is 0.125. The zero-order chi connectivity index (χ0) is 15.4. The molecule has 0 unspecified atom stereocenters. The molecule has 1 aromatic carbocycles. The first-order chi connectivity index (χ1) is 9.94. The fourth-order valence-corrected chi connectivity index (χ4v) is 2.32. The minimum Gasteiger partial charge on any atom is -0.425 e. The number of nitrogens with zero attached hydrogens (tertiary/aromatic N) is 1. The first kappa shape index (κ1) is 15.5. The highest BCUT2D eigenvalue weighted by Crippen LogP contribution is 2.21. The molecule has 1 aromatic heterocycles. The van der Waals surface area contributed by atoms with Crippen molar-refractivity contribution in [1.82, 2.24) is 4.98 Å². The third kappa shape index (κ3) is 4.59. The topological polar surface area (TPSA) is 39.2 Å². The van der Waals surface area contributed by atoms with E-state index in [0.717, 1.165) is 11.3 Å². The zero-order valence-electron chi connectivity index (χ0n) is 11.6. The number of hydrogen-bond donors (Lipinski definition) is 0. The van der Waals surface area contributed by atoms with Crippen molar-refractivity contribution in [3.05, 3.63) is 57.3 Å². The maximum atomic E-state index is 10.9. The molecule has 0 aliphatic heterocycles. The van der Waals surface area contributed by atoms with Crippen LogP contribution >= 0.6 is 23.2 Å². The smallest absolute Gasteiger partial charge is 0.308 e. The monoisotopic (exact) mass is 321 g/mol. The Labute approximate surface area is 133 Å². The van der Waals surface area contributed by atoms with Crippen LogP contribution in [0.5, 0.6) is 5.75 Å². The van der Waals surface area contributed by atoms with E-state index in [9.17, 15) is 4.79 Å². The highest BCUT2D eigenvalue weighted by atomic mass is 35.5. The van der Waals surface area contributed by atoms with Gasteiger partial charge in [0.05, 0.1) is 11.4 Å². The molecule has 0 fully saturated rings. The van der Waals surface area contributed by atoms with Crippen molar-refractivity contribution in [3.63, 3.8) is 0 Å². The van der Waals surface area contributed by atoms with E-state index in [1.165, 1.54) is 6.92 Å². The molecule has 5 heteroatoms. The van der Waals surface area contributed by atoms with Gasteiger partial charge in [0.2, 0.25) is 0 Å². The Morgan fingerprint density at radius 1 is 1.14 bits per heavy atom. The number of hydrogen-bond acceptors (Lipinski definition) is 3. The van der Waals surface area contributed by atoms with Gasteiger partial charge in [0.1, 0.15) is 0 Å². The lowest BCUT2D eigenvalue weighted by molar-refractivity contribution is -0.131. The van der Waals surface area contributed by atoms with Crippen LogP contribution in [0, 0.1) is 6.92 Å². The highest BCUT2D eigenvalue weighted by Gasteiger charge is 2.04. The zero-order valence-corrected chi connectivity index (χ0v) is 13.1. The molecule has 21 heavy (non-hydrogen) atoms. The van der Waals surface area contributed by atoms with Crippen LogP contribution in [0.25, 0.3) is 12.2 Å². The van der Waals surface area contributed by atoms with Gasteiger partial charge >= 0.3 is 5.97 Å². The maximum absolute atomic E-state index is 10.9. The fourth-order valence-electron chi connectivity index (χ4n) is 1.78. The number of carbonyl (C=O) groups excluding carboxylic acids is 1. The molecule has 1 heterocycles. The van der Waals surface area contributed by atoms with Crippen molar-refractivity contribution < 1.29 is 9.53 Å². The molecule has 0 atom stereocenters. The Morgan fingerprint density at radius 2 is 1.81 bits per heavy atom. The highest BCUT2D eigenvalue weighted by molar-refractivity contribution is 6.34. The summed E-state index contributed by atoms with van der Waals surface area (Å²) in [5, 5.41) is 1.16. The van der Waals surface area contributed by atoms with Gasteiger partial charge in [-0.05, 0) is 48.9 Å². The lowest BCUT2D eigenvalue weighted by Crippen LogP contribution is -2.03. The Kier molecular flexibility index (Phi) is 4.99. The molecule has 0 saturated heterocycles. The van der Waals surface area contributed by atoms with Gasteiger partial charge in [-0.3, -0.25) is 4.79 Å². The first-order valence-electron chi connectivity index (χ1n) is 6.24. The van der Waals surface area contributed by atoms with Crippen LogP contribution < -0.4 is 4.74 Å². The Morgan fingerprint density at radius 3 is 2.38 bits per heavy atom. The summed E-state index contributed by atoms with van der Waals surface area (Å²) in [6.07, 6.45) is 3.71. The van der Waals surface area contributed by atoms with Crippen LogP contribution in [0.4, 0.5) is 0 Å². The summed E-state index contributed by atoms with van der Waals surface area (Å²) in [5.74, 6) is 0.0993. The van der Waals surface area contributed by atoms with Crippen molar-refractivity contribution in [2.45, 2.75) is 13.8 Å². The van der Waals surface area contributed by atoms with Crippen LogP contribution in [0.1, 0.15) is 23.9 Å². The molecule has 0 aliphatic rings. The third-order valence-electron chi connectivity index (χ3n) is 2.64. The second-order valence-electron chi connectivity index (χ2n) is 4.45. The van der Waals surface area contributed by atoms with E-state index < -0.39 is 0 Å². The van der Waals surface area contributed by atoms with E-state index >= 15 is 0 Å². The number of pyridine rings is 1. The predicted octanol–water partition coefficient (Wildman–Crippen LogP) is 4.79. The van der Waals surface area contributed by atoms with Crippen molar-refractivity contribution in [1.29, 1.82) is 0 Å². The van der Waals surface area contributed by atoms with Crippen molar-refractivity contribution >= 4 is 41.3 Å². The van der Waals surface area contributed by atoms with Gasteiger partial charge in [-0.2, -0.15) is 0 Å². The van der Waals surface area contributed by atoms with Crippen LogP contribution in [0.15, 0.2) is 30.3 Å². The van der Waals surface area contributed by atoms with Gasteiger partial charge in [-0.1, -0.05) is 29.3 Å². The summed E-state index contributed by atoms with van der Waals surface area (Å²) >= 11 is 11.9. The first-order valence-corrected chi connectivity index (χ1v) is 7.00. The lowest BCUT2D eigenvalue weighted by atomic mass is 10.2. The SMILES string of the molecule is CC(=O)Oc1ccc(/C=C/c2cc(Cl)cc(Cl)c2)nc1C. The number of ether oxygens (including phenoxy) is 1. The van der Waals surface area contributed by atoms with E-state index in [1.807, 2.05) is 24.3 Å². The number of rotatable bonds is 3. The van der Waals surface area contributed by atoms with Gasteiger partial charge in [0.25, 0.3) is 0 Å². The van der Waals surface area contributed by atoms with Gasteiger partial charge < -0.3 is 4.74 Å². The molecule has 0 spiro atoms. The normalized spacial score (nSPS) is 10.9.